The number of hydrogen-bond donors (Lipinski definition) is 3. The van der Waals surface area contributed by atoms with Gasteiger partial charge in [0.2, 0.25) is 11.8 Å². The number of benzene rings is 2. The van der Waals surface area contributed by atoms with Crippen molar-refractivity contribution in [2.24, 2.45) is 17.1 Å². The van der Waals surface area contributed by atoms with Crippen molar-refractivity contribution >= 4 is 34.3 Å². The van der Waals surface area contributed by atoms with Crippen LogP contribution in [0.1, 0.15) is 79.6 Å². The highest BCUT2D eigenvalue weighted by Crippen LogP contribution is 2.46. The van der Waals surface area contributed by atoms with Gasteiger partial charge in [0, 0.05) is 66.9 Å². The van der Waals surface area contributed by atoms with E-state index in [-0.39, 0.29) is 35.0 Å². The molecule has 1 aliphatic carbocycles. The zero-order valence-electron chi connectivity index (χ0n) is 27.0. The summed E-state index contributed by atoms with van der Waals surface area (Å²) < 4.78 is 21.6. The summed E-state index contributed by atoms with van der Waals surface area (Å²) in [4.78, 5) is 41.3. The van der Waals surface area contributed by atoms with E-state index in [2.05, 4.69) is 29.4 Å². The number of carbonyl (C=O) groups is 3. The van der Waals surface area contributed by atoms with Gasteiger partial charge in [-0.3, -0.25) is 23.9 Å². The molecule has 3 aromatic rings. The van der Waals surface area contributed by atoms with Crippen molar-refractivity contribution in [3.8, 4) is 11.1 Å². The van der Waals surface area contributed by atoms with Gasteiger partial charge in [-0.05, 0) is 86.3 Å². The lowest BCUT2D eigenvalue weighted by molar-refractivity contribution is -0.126. The molecule has 3 heterocycles. The number of aromatic nitrogens is 1. The van der Waals surface area contributed by atoms with Gasteiger partial charge in [-0.15, -0.1) is 0 Å². The van der Waals surface area contributed by atoms with Crippen LogP contribution in [0, 0.1) is 17.2 Å². The molecule has 2 aliphatic heterocycles. The first-order valence-corrected chi connectivity index (χ1v) is 16.9. The lowest BCUT2D eigenvalue weighted by Crippen LogP contribution is -2.43. The summed E-state index contributed by atoms with van der Waals surface area (Å²) in [6.07, 6.45) is 5.96. The maximum absolute atomic E-state index is 14.5. The molecule has 0 atom stereocenters. The maximum Gasteiger partial charge on any atom is 0.250 e. The van der Waals surface area contributed by atoms with Gasteiger partial charge < -0.3 is 21.1 Å². The SMILES string of the molecule is CCC1(CC)CC(=O)n2c(c(-c3ccc(C(N)=O)c(NC4CCC(C(=O)NCCN5CCOCC5)CC4)c3)c3ccc(F)cc32)C1. The van der Waals surface area contributed by atoms with Gasteiger partial charge in [0.1, 0.15) is 5.82 Å². The number of fused-ring (bicyclic) bond motifs is 3. The second kappa shape index (κ2) is 13.5. The number of nitrogens with two attached hydrogens (primary N) is 1. The van der Waals surface area contributed by atoms with Crippen LogP contribution < -0.4 is 16.4 Å². The lowest BCUT2D eigenvalue weighted by Gasteiger charge is -2.36. The highest BCUT2D eigenvalue weighted by molar-refractivity contribution is 6.06. The van der Waals surface area contributed by atoms with Crippen LogP contribution in [0.3, 0.4) is 0 Å². The summed E-state index contributed by atoms with van der Waals surface area (Å²) in [5, 5.41) is 7.51. The number of hydrogen-bond acceptors (Lipinski definition) is 6. The Labute approximate surface area is 270 Å². The summed E-state index contributed by atoms with van der Waals surface area (Å²) in [5.41, 5.74) is 9.90. The predicted molar refractivity (Wildman–Crippen MR) is 177 cm³/mol. The molecule has 0 radical (unpaired) electrons. The molecule has 2 aromatic carbocycles. The van der Waals surface area contributed by atoms with Gasteiger partial charge in [-0.2, -0.15) is 0 Å². The third kappa shape index (κ3) is 6.42. The van der Waals surface area contributed by atoms with Crippen LogP contribution in [0.2, 0.25) is 0 Å². The molecular weight excluding hydrogens is 585 g/mol. The molecule has 9 nitrogen and oxygen atoms in total. The van der Waals surface area contributed by atoms with Crippen molar-refractivity contribution in [3.05, 3.63) is 53.5 Å². The average molecular weight is 632 g/mol. The van der Waals surface area contributed by atoms with Gasteiger partial charge in [0.05, 0.1) is 24.3 Å². The summed E-state index contributed by atoms with van der Waals surface area (Å²) in [6, 6.07) is 10.3. The third-order valence-corrected chi connectivity index (χ3v) is 10.7. The minimum absolute atomic E-state index is 0.0132. The molecule has 1 saturated carbocycles. The number of morpholine rings is 1. The van der Waals surface area contributed by atoms with Gasteiger partial charge in [0.25, 0.3) is 5.91 Å². The van der Waals surface area contributed by atoms with E-state index in [1.807, 2.05) is 12.1 Å². The molecule has 246 valence electrons. The first-order chi connectivity index (χ1) is 22.2. The second-order valence-corrected chi connectivity index (χ2v) is 13.3. The van der Waals surface area contributed by atoms with E-state index in [0.29, 0.717) is 36.2 Å². The summed E-state index contributed by atoms with van der Waals surface area (Å²) >= 11 is 0. The van der Waals surface area contributed by atoms with E-state index in [9.17, 15) is 18.8 Å². The Balaban J connectivity index is 1.22. The van der Waals surface area contributed by atoms with Crippen molar-refractivity contribution in [2.75, 3.05) is 44.7 Å². The number of ether oxygens (including phenoxy) is 1. The van der Waals surface area contributed by atoms with Crippen LogP contribution >= 0.6 is 0 Å². The Morgan fingerprint density at radius 1 is 1.02 bits per heavy atom. The van der Waals surface area contributed by atoms with Crippen molar-refractivity contribution in [2.45, 2.75) is 71.3 Å². The summed E-state index contributed by atoms with van der Waals surface area (Å²) in [5.74, 6) is -0.847. The second-order valence-electron chi connectivity index (χ2n) is 13.3. The Kier molecular flexibility index (Phi) is 9.47. The Morgan fingerprint density at radius 2 is 1.76 bits per heavy atom. The Hall–Kier alpha value is -3.76. The fraction of sp³-hybridized carbons (Fsp3) is 0.528. The molecular formula is C36H46FN5O4. The molecule has 0 spiro atoms. The predicted octanol–water partition coefficient (Wildman–Crippen LogP) is 5.36. The molecule has 3 aliphatic rings. The van der Waals surface area contributed by atoms with E-state index in [1.54, 1.807) is 16.7 Å². The van der Waals surface area contributed by atoms with E-state index in [1.165, 1.54) is 12.1 Å². The third-order valence-electron chi connectivity index (χ3n) is 10.7. The van der Waals surface area contributed by atoms with E-state index >= 15 is 0 Å². The first kappa shape index (κ1) is 32.2. The van der Waals surface area contributed by atoms with Gasteiger partial charge in [-0.25, -0.2) is 4.39 Å². The lowest BCUT2D eigenvalue weighted by atomic mass is 9.72. The monoisotopic (exact) mass is 631 g/mol. The molecule has 1 aromatic heterocycles. The van der Waals surface area contributed by atoms with Crippen LogP contribution in [0.15, 0.2) is 36.4 Å². The number of amides is 2. The van der Waals surface area contributed by atoms with E-state index in [4.69, 9.17) is 10.5 Å². The smallest absolute Gasteiger partial charge is 0.250 e. The maximum atomic E-state index is 14.5. The van der Waals surface area contributed by atoms with E-state index in [0.717, 1.165) is 93.6 Å². The molecule has 0 bridgehead atoms. The number of rotatable bonds is 10. The zero-order chi connectivity index (χ0) is 32.4. The van der Waals surface area contributed by atoms with Crippen LogP contribution in [0.5, 0.6) is 0 Å². The number of carbonyl (C=O) groups excluding carboxylic acids is 3. The van der Waals surface area contributed by atoms with Crippen molar-refractivity contribution in [1.82, 2.24) is 14.8 Å². The minimum atomic E-state index is -0.528. The molecule has 10 heteroatoms. The largest absolute Gasteiger partial charge is 0.382 e. The molecule has 4 N–H and O–H groups in total. The van der Waals surface area contributed by atoms with E-state index < -0.39 is 5.91 Å². The van der Waals surface area contributed by atoms with Gasteiger partial charge >= 0.3 is 0 Å². The molecule has 1 saturated heterocycles. The van der Waals surface area contributed by atoms with Crippen LogP contribution in [0.4, 0.5) is 10.1 Å². The van der Waals surface area contributed by atoms with Crippen molar-refractivity contribution in [1.29, 1.82) is 0 Å². The number of nitrogens with zero attached hydrogens (tertiary/aromatic N) is 2. The molecule has 2 fully saturated rings. The number of halogens is 1. The topological polar surface area (TPSA) is 119 Å². The van der Waals surface area contributed by atoms with Gasteiger partial charge in [0.15, 0.2) is 0 Å². The fourth-order valence-corrected chi connectivity index (χ4v) is 7.72. The number of anilines is 1. The quantitative estimate of drug-likeness (QED) is 0.277. The van der Waals surface area contributed by atoms with Crippen molar-refractivity contribution in [3.63, 3.8) is 0 Å². The van der Waals surface area contributed by atoms with Crippen LogP contribution in [-0.4, -0.2) is 72.6 Å². The number of nitrogens with one attached hydrogen (secondary N) is 2. The van der Waals surface area contributed by atoms with Crippen molar-refractivity contribution < 1.29 is 23.5 Å². The van der Waals surface area contributed by atoms with Crippen LogP contribution in [-0.2, 0) is 16.0 Å². The number of primary amides is 1. The Morgan fingerprint density at radius 3 is 2.46 bits per heavy atom. The van der Waals surface area contributed by atoms with Gasteiger partial charge in [-0.1, -0.05) is 19.9 Å². The minimum Gasteiger partial charge on any atom is -0.382 e. The standard InChI is InChI=1S/C36H46FN5O4/c1-3-36(4-2)21-31-33(28-12-8-25(37)20-30(28)42(31)32(43)22-36)24-7-11-27(34(38)44)29(19-24)40-26-9-5-23(6-10-26)35(45)39-13-14-41-15-17-46-18-16-41/h7-8,11-12,19-20,23,26,40H,3-6,9-10,13-18,21-22H2,1-2H3,(H2,38,44)(H,39,45). The average Bonchev–Trinajstić information content (AvgIpc) is 3.38. The highest BCUT2D eigenvalue weighted by atomic mass is 19.1. The molecule has 2 amide bonds. The summed E-state index contributed by atoms with van der Waals surface area (Å²) in [7, 11) is 0. The first-order valence-electron chi connectivity index (χ1n) is 16.9. The molecule has 0 unspecified atom stereocenters. The summed E-state index contributed by atoms with van der Waals surface area (Å²) in [6.45, 7) is 9.02. The molecule has 46 heavy (non-hydrogen) atoms. The Bertz CT molecular complexity index is 1620. The zero-order valence-corrected chi connectivity index (χ0v) is 27.0. The van der Waals surface area contributed by atoms with Crippen LogP contribution in [0.25, 0.3) is 22.0 Å². The fourth-order valence-electron chi connectivity index (χ4n) is 7.72. The highest BCUT2D eigenvalue weighted by Gasteiger charge is 2.39. The normalized spacial score (nSPS) is 21.6. The molecule has 6 rings (SSSR count).